The molecule has 1 aromatic heterocycles. The Morgan fingerprint density at radius 2 is 1.04 bits per heavy atom. The van der Waals surface area contributed by atoms with Crippen molar-refractivity contribution in [3.63, 3.8) is 0 Å². The lowest BCUT2D eigenvalue weighted by Gasteiger charge is -2.22. The fourth-order valence-corrected chi connectivity index (χ4v) is 7.53. The van der Waals surface area contributed by atoms with Crippen molar-refractivity contribution in [2.24, 2.45) is 0 Å². The van der Waals surface area contributed by atoms with Gasteiger partial charge in [0.05, 0.1) is 11.0 Å². The van der Waals surface area contributed by atoms with E-state index >= 15 is 0 Å². The van der Waals surface area contributed by atoms with Crippen LogP contribution in [0.25, 0.3) is 82.4 Å². The lowest BCUT2D eigenvalue weighted by Crippen LogP contribution is -1.97. The smallest absolute Gasteiger partial charge is 0.135 e. The molecule has 2 heteroatoms. The average Bonchev–Trinajstić information content (AvgIpc) is 3.46. The summed E-state index contributed by atoms with van der Waals surface area (Å²) in [6.45, 7) is 0. The van der Waals surface area contributed by atoms with Gasteiger partial charge in [0.2, 0.25) is 0 Å². The van der Waals surface area contributed by atoms with Crippen LogP contribution >= 0.6 is 0 Å². The predicted molar refractivity (Wildman–Crippen MR) is 192 cm³/mol. The zero-order valence-corrected chi connectivity index (χ0v) is 24.9. The minimum absolute atomic E-state index is 0.898. The highest BCUT2D eigenvalue weighted by Crippen LogP contribution is 2.48. The van der Waals surface area contributed by atoms with Gasteiger partial charge in [-0.25, -0.2) is 0 Å². The third-order valence-electron chi connectivity index (χ3n) is 9.57. The maximum Gasteiger partial charge on any atom is 0.135 e. The van der Waals surface area contributed by atoms with Gasteiger partial charge in [-0.1, -0.05) is 115 Å². The van der Waals surface area contributed by atoms with E-state index in [1.807, 2.05) is 0 Å². The van der Waals surface area contributed by atoms with Crippen molar-refractivity contribution in [1.82, 2.24) is 4.57 Å². The summed E-state index contributed by atoms with van der Waals surface area (Å²) in [5, 5.41) is 7.44. The molecule has 0 atom stereocenters. The van der Waals surface area contributed by atoms with Crippen molar-refractivity contribution in [3.05, 3.63) is 164 Å². The Kier molecular flexibility index (Phi) is 5.31. The van der Waals surface area contributed by atoms with E-state index in [4.69, 9.17) is 4.74 Å². The number of hydrogen-bond acceptors (Lipinski definition) is 1. The molecule has 0 amide bonds. The minimum atomic E-state index is 0.898. The van der Waals surface area contributed by atoms with Crippen molar-refractivity contribution in [2.45, 2.75) is 0 Å². The second-order valence-corrected chi connectivity index (χ2v) is 12.1. The van der Waals surface area contributed by atoms with E-state index in [1.165, 1.54) is 76.9 Å². The standard InChI is InChI=1S/C44H27NO/c1-2-13-32(14-3-1)45-39-23-21-30(27-38(39)44-35-17-5-4-10-28(35)20-24-40(44)45)33-15-6-7-16-34(33)31-22-25-41-37(26-31)36-18-8-11-29-12-9-19-42(46-41)43(29)36/h1-27H. The second-order valence-electron chi connectivity index (χ2n) is 12.1. The Hall–Kier alpha value is -6.12. The van der Waals surface area contributed by atoms with Gasteiger partial charge in [0.25, 0.3) is 0 Å². The van der Waals surface area contributed by atoms with E-state index in [-0.39, 0.29) is 0 Å². The van der Waals surface area contributed by atoms with Crippen LogP contribution < -0.4 is 4.74 Å². The van der Waals surface area contributed by atoms with Crippen LogP contribution in [0.5, 0.6) is 11.5 Å². The number of aromatic nitrogens is 1. The van der Waals surface area contributed by atoms with Gasteiger partial charge < -0.3 is 9.30 Å². The van der Waals surface area contributed by atoms with Crippen molar-refractivity contribution in [2.75, 3.05) is 0 Å². The molecule has 2 heterocycles. The molecule has 1 aliphatic heterocycles. The summed E-state index contributed by atoms with van der Waals surface area (Å²) in [6.07, 6.45) is 0. The first-order valence-electron chi connectivity index (χ1n) is 15.8. The summed E-state index contributed by atoms with van der Waals surface area (Å²) in [6, 6.07) is 59.0. The molecule has 0 aliphatic carbocycles. The third-order valence-corrected chi connectivity index (χ3v) is 9.57. The van der Waals surface area contributed by atoms with E-state index in [0.29, 0.717) is 0 Å². The van der Waals surface area contributed by atoms with Crippen LogP contribution in [0.3, 0.4) is 0 Å². The molecule has 46 heavy (non-hydrogen) atoms. The summed E-state index contributed by atoms with van der Waals surface area (Å²) in [5.74, 6) is 1.82. The zero-order chi connectivity index (χ0) is 30.2. The Balaban J connectivity index is 1.19. The van der Waals surface area contributed by atoms with E-state index in [0.717, 1.165) is 17.1 Å². The SMILES string of the molecule is c1ccc(-n2c3ccc(-c4ccccc4-c4ccc5c(c4)-c4cccc6cccc(c46)O5)cc3c3c4ccccc4ccc32)cc1. The molecule has 10 rings (SSSR count). The molecule has 0 bridgehead atoms. The van der Waals surface area contributed by atoms with Crippen LogP contribution in [0.2, 0.25) is 0 Å². The van der Waals surface area contributed by atoms with Crippen molar-refractivity contribution in [1.29, 1.82) is 0 Å². The van der Waals surface area contributed by atoms with E-state index in [9.17, 15) is 0 Å². The van der Waals surface area contributed by atoms with Crippen LogP contribution in [0.1, 0.15) is 0 Å². The van der Waals surface area contributed by atoms with Crippen LogP contribution in [-0.2, 0) is 0 Å². The van der Waals surface area contributed by atoms with E-state index in [1.54, 1.807) is 0 Å². The predicted octanol–water partition coefficient (Wildman–Crippen LogP) is 12.2. The van der Waals surface area contributed by atoms with Crippen LogP contribution in [-0.4, -0.2) is 4.57 Å². The van der Waals surface area contributed by atoms with Gasteiger partial charge in [0.1, 0.15) is 11.5 Å². The lowest BCUT2D eigenvalue weighted by atomic mass is 9.89. The summed E-state index contributed by atoms with van der Waals surface area (Å²) in [7, 11) is 0. The Bertz CT molecular complexity index is 2660. The zero-order valence-electron chi connectivity index (χ0n) is 24.9. The van der Waals surface area contributed by atoms with Gasteiger partial charge in [-0.05, 0) is 92.5 Å². The molecular weight excluding hydrogens is 558 g/mol. The quantitative estimate of drug-likeness (QED) is 0.201. The molecule has 0 saturated carbocycles. The summed E-state index contributed by atoms with van der Waals surface area (Å²) in [4.78, 5) is 0. The normalized spacial score (nSPS) is 12.1. The van der Waals surface area contributed by atoms with Gasteiger partial charge in [-0.3, -0.25) is 0 Å². The molecule has 0 unspecified atom stereocenters. The second kappa shape index (κ2) is 9.69. The molecular formula is C44H27NO. The summed E-state index contributed by atoms with van der Waals surface area (Å²) in [5.41, 5.74) is 10.7. The maximum atomic E-state index is 6.42. The first-order valence-corrected chi connectivity index (χ1v) is 15.8. The maximum absolute atomic E-state index is 6.42. The molecule has 214 valence electrons. The number of nitrogens with zero attached hydrogens (tertiary/aromatic N) is 1. The van der Waals surface area contributed by atoms with Crippen molar-refractivity contribution < 1.29 is 4.74 Å². The van der Waals surface area contributed by atoms with Crippen molar-refractivity contribution >= 4 is 43.4 Å². The molecule has 1 aliphatic rings. The molecule has 0 radical (unpaired) electrons. The van der Waals surface area contributed by atoms with E-state index in [2.05, 4.69) is 168 Å². The Labute approximate surface area is 266 Å². The number of hydrogen-bond donors (Lipinski definition) is 0. The largest absolute Gasteiger partial charge is 0.456 e. The van der Waals surface area contributed by atoms with Crippen molar-refractivity contribution in [3.8, 4) is 50.6 Å². The molecule has 0 spiro atoms. The van der Waals surface area contributed by atoms with E-state index < -0.39 is 0 Å². The summed E-state index contributed by atoms with van der Waals surface area (Å²) >= 11 is 0. The lowest BCUT2D eigenvalue weighted by molar-refractivity contribution is 0.487. The van der Waals surface area contributed by atoms with Gasteiger partial charge in [0.15, 0.2) is 0 Å². The van der Waals surface area contributed by atoms with Gasteiger partial charge in [-0.2, -0.15) is 0 Å². The first-order chi connectivity index (χ1) is 22.8. The fourth-order valence-electron chi connectivity index (χ4n) is 7.53. The first kappa shape index (κ1) is 25.2. The monoisotopic (exact) mass is 585 g/mol. The highest BCUT2D eigenvalue weighted by Gasteiger charge is 2.21. The summed E-state index contributed by atoms with van der Waals surface area (Å²) < 4.78 is 8.81. The number of para-hydroxylation sites is 1. The number of fused-ring (bicyclic) bond motifs is 7. The highest BCUT2D eigenvalue weighted by atomic mass is 16.5. The topological polar surface area (TPSA) is 14.2 Å². The van der Waals surface area contributed by atoms with Crippen LogP contribution in [0.4, 0.5) is 0 Å². The van der Waals surface area contributed by atoms with Crippen LogP contribution in [0.15, 0.2) is 164 Å². The minimum Gasteiger partial charge on any atom is -0.456 e. The molecule has 0 fully saturated rings. The Morgan fingerprint density at radius 3 is 1.91 bits per heavy atom. The molecule has 0 saturated heterocycles. The number of benzene rings is 8. The number of rotatable bonds is 3. The third kappa shape index (κ3) is 3.65. The van der Waals surface area contributed by atoms with Crippen LogP contribution in [0, 0.1) is 0 Å². The molecule has 8 aromatic carbocycles. The average molecular weight is 586 g/mol. The van der Waals surface area contributed by atoms with Gasteiger partial charge in [0, 0.05) is 27.4 Å². The Morgan fingerprint density at radius 1 is 0.370 bits per heavy atom. The molecule has 9 aromatic rings. The number of ether oxygens (including phenoxy) is 1. The van der Waals surface area contributed by atoms with Gasteiger partial charge >= 0.3 is 0 Å². The molecule has 2 nitrogen and oxygen atoms in total. The van der Waals surface area contributed by atoms with Gasteiger partial charge in [-0.15, -0.1) is 0 Å². The fraction of sp³-hybridized carbons (Fsp3) is 0. The molecule has 0 N–H and O–H groups in total. The highest BCUT2D eigenvalue weighted by molar-refractivity contribution is 6.22.